The van der Waals surface area contributed by atoms with E-state index in [1.807, 2.05) is 30.3 Å². The van der Waals surface area contributed by atoms with Crippen molar-refractivity contribution in [2.75, 3.05) is 0 Å². The van der Waals surface area contributed by atoms with Crippen LogP contribution in [0.3, 0.4) is 0 Å². The summed E-state index contributed by atoms with van der Waals surface area (Å²) >= 11 is 0. The Morgan fingerprint density at radius 3 is 2.12 bits per heavy atom. The van der Waals surface area contributed by atoms with E-state index in [2.05, 4.69) is 0 Å². The van der Waals surface area contributed by atoms with E-state index in [1.54, 1.807) is 13.8 Å². The molecule has 0 aliphatic carbocycles. The van der Waals surface area contributed by atoms with E-state index in [0.29, 0.717) is 0 Å². The molecule has 0 amide bonds. The fourth-order valence-electron chi connectivity index (χ4n) is 2.07. The van der Waals surface area contributed by atoms with E-state index in [0.717, 1.165) is 5.56 Å². The zero-order valence-corrected chi connectivity index (χ0v) is 9.78. The molecule has 0 bridgehead atoms. The summed E-state index contributed by atoms with van der Waals surface area (Å²) in [5.41, 5.74) is 0.882. The molecule has 0 aromatic heterocycles. The van der Waals surface area contributed by atoms with Gasteiger partial charge in [-0.05, 0) is 13.8 Å². The lowest BCUT2D eigenvalue weighted by Crippen LogP contribution is -2.48. The Kier molecular flexibility index (Phi) is 3.40. The summed E-state index contributed by atoms with van der Waals surface area (Å²) in [5, 5.41) is 10.9. The van der Waals surface area contributed by atoms with Gasteiger partial charge in [-0.2, -0.15) is 0 Å². The summed E-state index contributed by atoms with van der Waals surface area (Å²) in [6.07, 6.45) is -1.43. The predicted octanol–water partition coefficient (Wildman–Crippen LogP) is 2.15. The van der Waals surface area contributed by atoms with Crippen LogP contribution >= 0.6 is 0 Å². The number of nitro groups is 1. The highest BCUT2D eigenvalue weighted by Gasteiger charge is 2.43. The molecule has 5 heteroatoms. The van der Waals surface area contributed by atoms with Crippen molar-refractivity contribution in [3.63, 3.8) is 0 Å². The van der Waals surface area contributed by atoms with Crippen molar-refractivity contribution in [2.24, 2.45) is 0 Å². The SMILES string of the molecule is CC1OC(c2ccccc2)OC(C)C1[N+](=O)[O-]. The third kappa shape index (κ3) is 2.45. The van der Waals surface area contributed by atoms with E-state index in [-0.39, 0.29) is 4.92 Å². The van der Waals surface area contributed by atoms with Gasteiger partial charge in [0.25, 0.3) is 6.04 Å². The second kappa shape index (κ2) is 4.81. The zero-order valence-electron chi connectivity index (χ0n) is 9.78. The Labute approximate surface area is 99.5 Å². The molecule has 92 valence electrons. The molecule has 0 spiro atoms. The quantitative estimate of drug-likeness (QED) is 0.584. The largest absolute Gasteiger partial charge is 0.338 e. The minimum Gasteiger partial charge on any atom is -0.338 e. The molecule has 1 aliphatic rings. The maximum atomic E-state index is 10.9. The molecule has 2 rings (SSSR count). The minimum atomic E-state index is -0.810. The van der Waals surface area contributed by atoms with Crippen molar-refractivity contribution in [2.45, 2.75) is 38.4 Å². The van der Waals surface area contributed by atoms with Crippen molar-refractivity contribution in [3.05, 3.63) is 46.0 Å². The first-order valence-electron chi connectivity index (χ1n) is 5.59. The highest BCUT2D eigenvalue weighted by Crippen LogP contribution is 2.30. The Morgan fingerprint density at radius 2 is 1.65 bits per heavy atom. The van der Waals surface area contributed by atoms with Crippen LogP contribution in [0.15, 0.2) is 30.3 Å². The van der Waals surface area contributed by atoms with Crippen LogP contribution < -0.4 is 0 Å². The number of rotatable bonds is 2. The lowest BCUT2D eigenvalue weighted by Gasteiger charge is -2.34. The van der Waals surface area contributed by atoms with Crippen LogP contribution in [-0.4, -0.2) is 23.2 Å². The number of hydrogen-bond donors (Lipinski definition) is 0. The number of hydrogen-bond acceptors (Lipinski definition) is 4. The fraction of sp³-hybridized carbons (Fsp3) is 0.500. The van der Waals surface area contributed by atoms with Crippen molar-refractivity contribution >= 4 is 0 Å². The summed E-state index contributed by atoms with van der Waals surface area (Å²) in [6, 6.07) is 8.63. The molecule has 17 heavy (non-hydrogen) atoms. The second-order valence-electron chi connectivity index (χ2n) is 4.20. The molecular weight excluding hydrogens is 222 g/mol. The summed E-state index contributed by atoms with van der Waals surface area (Å²) in [5.74, 6) is 0. The molecule has 1 aromatic rings. The van der Waals surface area contributed by atoms with Gasteiger partial charge in [0, 0.05) is 10.5 Å². The molecule has 1 heterocycles. The van der Waals surface area contributed by atoms with E-state index in [9.17, 15) is 10.1 Å². The lowest BCUT2D eigenvalue weighted by atomic mass is 10.1. The Balaban J connectivity index is 2.14. The topological polar surface area (TPSA) is 61.6 Å². The Bertz CT molecular complexity index is 383. The van der Waals surface area contributed by atoms with Gasteiger partial charge >= 0.3 is 0 Å². The number of benzene rings is 1. The normalized spacial score (nSPS) is 33.3. The average molecular weight is 237 g/mol. The van der Waals surface area contributed by atoms with Gasteiger partial charge in [-0.25, -0.2) is 0 Å². The van der Waals surface area contributed by atoms with Gasteiger partial charge in [-0.3, -0.25) is 10.1 Å². The van der Waals surface area contributed by atoms with Crippen LogP contribution in [0.5, 0.6) is 0 Å². The number of nitrogens with zero attached hydrogens (tertiary/aromatic N) is 1. The smallest absolute Gasteiger partial charge is 0.264 e. The van der Waals surface area contributed by atoms with Gasteiger partial charge in [0.15, 0.2) is 6.29 Å². The first-order chi connectivity index (χ1) is 8.09. The van der Waals surface area contributed by atoms with Crippen LogP contribution in [0.4, 0.5) is 0 Å². The number of ether oxygens (including phenoxy) is 2. The summed E-state index contributed by atoms with van der Waals surface area (Å²) in [4.78, 5) is 10.5. The fourth-order valence-corrected chi connectivity index (χ4v) is 2.07. The first-order valence-corrected chi connectivity index (χ1v) is 5.59. The minimum absolute atomic E-state index is 0.337. The van der Waals surface area contributed by atoms with E-state index < -0.39 is 24.5 Å². The molecule has 2 atom stereocenters. The molecule has 0 radical (unpaired) electrons. The lowest BCUT2D eigenvalue weighted by molar-refractivity contribution is -0.564. The summed E-state index contributed by atoms with van der Waals surface area (Å²) < 4.78 is 11.1. The molecule has 0 saturated carbocycles. The van der Waals surface area contributed by atoms with Crippen LogP contribution in [0, 0.1) is 10.1 Å². The summed E-state index contributed by atoms with van der Waals surface area (Å²) in [6.45, 7) is 3.42. The van der Waals surface area contributed by atoms with Crippen LogP contribution in [0.2, 0.25) is 0 Å². The van der Waals surface area contributed by atoms with Gasteiger partial charge in [0.2, 0.25) is 0 Å². The second-order valence-corrected chi connectivity index (χ2v) is 4.20. The summed E-state index contributed by atoms with van der Waals surface area (Å²) in [7, 11) is 0. The van der Waals surface area contributed by atoms with Crippen molar-refractivity contribution in [1.82, 2.24) is 0 Å². The molecule has 2 unspecified atom stereocenters. The Hall–Kier alpha value is -1.46. The van der Waals surface area contributed by atoms with E-state index in [4.69, 9.17) is 9.47 Å². The zero-order chi connectivity index (χ0) is 12.4. The first kappa shape index (κ1) is 12.0. The highest BCUT2D eigenvalue weighted by molar-refractivity contribution is 5.16. The standard InChI is InChI=1S/C12H15NO4/c1-8-11(13(14)15)9(2)17-12(16-8)10-6-4-3-5-7-10/h3-9,11-12H,1-2H3. The molecule has 1 saturated heterocycles. The monoisotopic (exact) mass is 237 g/mol. The van der Waals surface area contributed by atoms with Crippen LogP contribution in [0.1, 0.15) is 25.7 Å². The van der Waals surface area contributed by atoms with Crippen molar-refractivity contribution in [1.29, 1.82) is 0 Å². The van der Waals surface area contributed by atoms with Gasteiger partial charge in [-0.1, -0.05) is 30.3 Å². The van der Waals surface area contributed by atoms with Gasteiger partial charge in [0.05, 0.1) is 0 Å². The van der Waals surface area contributed by atoms with Crippen molar-refractivity contribution in [3.8, 4) is 0 Å². The molecule has 5 nitrogen and oxygen atoms in total. The van der Waals surface area contributed by atoms with E-state index in [1.165, 1.54) is 0 Å². The molecular formula is C12H15NO4. The molecule has 1 fully saturated rings. The van der Waals surface area contributed by atoms with Gasteiger partial charge in [-0.15, -0.1) is 0 Å². The van der Waals surface area contributed by atoms with Crippen molar-refractivity contribution < 1.29 is 14.4 Å². The highest BCUT2D eigenvalue weighted by atomic mass is 16.7. The van der Waals surface area contributed by atoms with Gasteiger partial charge < -0.3 is 9.47 Å². The van der Waals surface area contributed by atoms with Crippen LogP contribution in [-0.2, 0) is 9.47 Å². The maximum absolute atomic E-state index is 10.9. The maximum Gasteiger partial charge on any atom is 0.264 e. The van der Waals surface area contributed by atoms with Crippen LogP contribution in [0.25, 0.3) is 0 Å². The van der Waals surface area contributed by atoms with E-state index >= 15 is 0 Å². The third-order valence-electron chi connectivity index (χ3n) is 2.95. The third-order valence-corrected chi connectivity index (χ3v) is 2.95. The molecule has 1 aliphatic heterocycles. The predicted molar refractivity (Wildman–Crippen MR) is 61.1 cm³/mol. The molecule has 1 aromatic carbocycles. The van der Waals surface area contributed by atoms with Gasteiger partial charge in [0.1, 0.15) is 12.2 Å². The molecule has 0 N–H and O–H groups in total. The Morgan fingerprint density at radius 1 is 1.12 bits per heavy atom. The average Bonchev–Trinajstić information content (AvgIpc) is 2.28.